The summed E-state index contributed by atoms with van der Waals surface area (Å²) in [5.41, 5.74) is 1.81. The van der Waals surface area contributed by atoms with E-state index in [2.05, 4.69) is 32.2 Å². The van der Waals surface area contributed by atoms with E-state index in [4.69, 9.17) is 16.3 Å². The van der Waals surface area contributed by atoms with Crippen LogP contribution in [-0.2, 0) is 4.79 Å². The Morgan fingerprint density at radius 2 is 2.00 bits per heavy atom. The molecule has 1 unspecified atom stereocenters. The van der Waals surface area contributed by atoms with E-state index >= 15 is 0 Å². The first kappa shape index (κ1) is 17.8. The molecule has 4 heterocycles. The number of halogens is 1. The molecule has 0 bridgehead atoms. The van der Waals surface area contributed by atoms with Crippen LogP contribution in [-0.4, -0.2) is 54.2 Å². The second kappa shape index (κ2) is 6.94. The van der Waals surface area contributed by atoms with E-state index in [0.29, 0.717) is 24.3 Å². The quantitative estimate of drug-likeness (QED) is 0.805. The lowest BCUT2D eigenvalue weighted by Crippen LogP contribution is -2.56. The minimum atomic E-state index is -0.435. The van der Waals surface area contributed by atoms with Gasteiger partial charge in [0.05, 0.1) is 13.3 Å². The van der Waals surface area contributed by atoms with Gasteiger partial charge in [-0.15, -0.1) is 0 Å². The number of hydrogen-bond donors (Lipinski definition) is 1. The summed E-state index contributed by atoms with van der Waals surface area (Å²) in [7, 11) is 0. The van der Waals surface area contributed by atoms with Crippen LogP contribution >= 0.6 is 11.6 Å². The van der Waals surface area contributed by atoms with E-state index in [9.17, 15) is 4.79 Å². The summed E-state index contributed by atoms with van der Waals surface area (Å²) >= 11 is 6.15. The Balaban J connectivity index is 1.29. The molecule has 1 aromatic heterocycles. The van der Waals surface area contributed by atoms with Crippen molar-refractivity contribution in [3.05, 3.63) is 53.3 Å². The van der Waals surface area contributed by atoms with Crippen LogP contribution in [0.25, 0.3) is 0 Å². The fourth-order valence-electron chi connectivity index (χ4n) is 4.78. The lowest BCUT2D eigenvalue weighted by atomic mass is 9.85. The molecule has 0 aliphatic carbocycles. The zero-order valence-electron chi connectivity index (χ0n) is 15.6. The Bertz CT molecular complexity index is 883. The van der Waals surface area contributed by atoms with Crippen molar-refractivity contribution in [2.75, 3.05) is 37.8 Å². The summed E-state index contributed by atoms with van der Waals surface area (Å²) in [6.45, 7) is 3.91. The van der Waals surface area contributed by atoms with Gasteiger partial charge in [0.2, 0.25) is 5.91 Å². The number of aromatic nitrogens is 1. The summed E-state index contributed by atoms with van der Waals surface area (Å²) in [6.07, 6.45) is 3.39. The number of fused-ring (bicyclic) bond motifs is 1. The number of anilines is 1. The van der Waals surface area contributed by atoms with E-state index in [-0.39, 0.29) is 5.91 Å². The van der Waals surface area contributed by atoms with Crippen molar-refractivity contribution in [2.45, 2.75) is 24.3 Å². The van der Waals surface area contributed by atoms with Crippen molar-refractivity contribution in [1.82, 2.24) is 15.2 Å². The van der Waals surface area contributed by atoms with Gasteiger partial charge in [0.15, 0.2) is 10.9 Å². The third-order valence-electron chi connectivity index (χ3n) is 6.33. The number of pyridine rings is 1. The number of likely N-dealkylation sites (tertiary alicyclic amines) is 1. The first-order valence-electron chi connectivity index (χ1n) is 9.78. The minimum absolute atomic E-state index is 0.156. The maximum atomic E-state index is 12.8. The van der Waals surface area contributed by atoms with E-state index in [1.807, 2.05) is 24.3 Å². The maximum absolute atomic E-state index is 12.8. The zero-order valence-corrected chi connectivity index (χ0v) is 16.4. The molecule has 1 spiro atoms. The second-order valence-corrected chi connectivity index (χ2v) is 8.15. The zero-order chi connectivity index (χ0) is 19.1. The molecule has 7 heteroatoms. The van der Waals surface area contributed by atoms with Crippen molar-refractivity contribution < 1.29 is 9.53 Å². The number of amides is 1. The monoisotopic (exact) mass is 398 g/mol. The van der Waals surface area contributed by atoms with Crippen LogP contribution in [0.5, 0.6) is 5.75 Å². The molecule has 1 aromatic carbocycles. The van der Waals surface area contributed by atoms with Gasteiger partial charge < -0.3 is 19.9 Å². The van der Waals surface area contributed by atoms with E-state index < -0.39 is 5.54 Å². The average Bonchev–Trinajstić information content (AvgIpc) is 3.27. The molecule has 2 aromatic rings. The number of piperidine rings is 1. The maximum Gasteiger partial charge on any atom is 0.247 e. The van der Waals surface area contributed by atoms with Crippen molar-refractivity contribution in [2.24, 2.45) is 0 Å². The molecule has 6 nitrogen and oxygen atoms in total. The van der Waals surface area contributed by atoms with Gasteiger partial charge in [-0.05, 0) is 31.0 Å². The number of nitrogens with zero attached hydrogens (tertiary/aromatic N) is 3. The van der Waals surface area contributed by atoms with Crippen LogP contribution in [0.15, 0.2) is 42.6 Å². The predicted molar refractivity (Wildman–Crippen MR) is 108 cm³/mol. The first-order valence-corrected chi connectivity index (χ1v) is 10.2. The summed E-state index contributed by atoms with van der Waals surface area (Å²) < 4.78 is 5.78. The molecule has 2 fully saturated rings. The van der Waals surface area contributed by atoms with Crippen molar-refractivity contribution in [3.8, 4) is 5.75 Å². The Labute approximate surface area is 169 Å². The second-order valence-electron chi connectivity index (χ2n) is 7.79. The predicted octanol–water partition coefficient (Wildman–Crippen LogP) is 2.64. The van der Waals surface area contributed by atoms with Crippen molar-refractivity contribution >= 4 is 23.2 Å². The van der Waals surface area contributed by atoms with E-state index in [1.54, 1.807) is 6.20 Å². The highest BCUT2D eigenvalue weighted by Crippen LogP contribution is 2.40. The summed E-state index contributed by atoms with van der Waals surface area (Å²) in [4.78, 5) is 21.6. The number of rotatable bonds is 3. The molecular formula is C21H23ClN4O2. The lowest BCUT2D eigenvalue weighted by Gasteiger charge is -2.43. The number of nitrogens with one attached hydrogen (secondary N) is 1. The van der Waals surface area contributed by atoms with Gasteiger partial charge in [-0.1, -0.05) is 29.8 Å². The highest BCUT2D eigenvalue weighted by atomic mass is 35.5. The number of para-hydroxylation sites is 1. The Morgan fingerprint density at radius 1 is 1.21 bits per heavy atom. The number of ether oxygens (including phenoxy) is 1. The summed E-state index contributed by atoms with van der Waals surface area (Å²) in [5.74, 6) is 1.18. The fourth-order valence-corrected chi connectivity index (χ4v) is 5.00. The number of hydrogen-bond acceptors (Lipinski definition) is 5. The Hall–Kier alpha value is -2.31. The summed E-state index contributed by atoms with van der Waals surface area (Å²) in [6, 6.07) is 12.2. The number of carbonyl (C=O) groups is 1. The lowest BCUT2D eigenvalue weighted by molar-refractivity contribution is -0.125. The topological polar surface area (TPSA) is 57.7 Å². The standard InChI is InChI=1S/C21H23ClN4O2/c22-19-18-17(6-9-23-19)15(13-28-18)12-25-10-7-21(8-11-25)20(27)24-14-26(21)16-4-2-1-3-5-16/h1-6,9,15H,7-8,10-14H2,(H,24,27). The average molecular weight is 399 g/mol. The Morgan fingerprint density at radius 3 is 2.79 bits per heavy atom. The fraction of sp³-hybridized carbons (Fsp3) is 0.429. The molecule has 0 radical (unpaired) electrons. The molecule has 28 heavy (non-hydrogen) atoms. The van der Waals surface area contributed by atoms with Crippen molar-refractivity contribution in [1.29, 1.82) is 0 Å². The van der Waals surface area contributed by atoms with Crippen molar-refractivity contribution in [3.63, 3.8) is 0 Å². The van der Waals surface area contributed by atoms with E-state index in [0.717, 1.165) is 49.5 Å². The molecule has 2 saturated heterocycles. The SMILES string of the molecule is O=C1NCN(c2ccccc2)C12CCN(CC1COc3c1ccnc3Cl)CC2. The molecule has 1 atom stereocenters. The van der Waals surface area contributed by atoms with E-state index in [1.165, 1.54) is 0 Å². The van der Waals surface area contributed by atoms with Gasteiger partial charge >= 0.3 is 0 Å². The highest BCUT2D eigenvalue weighted by molar-refractivity contribution is 6.31. The smallest absolute Gasteiger partial charge is 0.247 e. The van der Waals surface area contributed by atoms with Gasteiger partial charge in [0.1, 0.15) is 5.54 Å². The Kier molecular flexibility index (Phi) is 4.40. The first-order chi connectivity index (χ1) is 13.7. The third-order valence-corrected chi connectivity index (χ3v) is 6.60. The molecule has 0 saturated carbocycles. The van der Waals surface area contributed by atoms with Crippen LogP contribution in [0.3, 0.4) is 0 Å². The van der Waals surface area contributed by atoms with Gasteiger partial charge in [0.25, 0.3) is 0 Å². The molecule has 1 N–H and O–H groups in total. The molecule has 146 valence electrons. The van der Waals surface area contributed by atoms with Crippen LogP contribution in [0.2, 0.25) is 5.15 Å². The number of benzene rings is 1. The van der Waals surface area contributed by atoms with Crippen LogP contribution < -0.4 is 15.0 Å². The van der Waals surface area contributed by atoms with Gasteiger partial charge in [0, 0.05) is 43.0 Å². The molecular weight excluding hydrogens is 376 g/mol. The van der Waals surface area contributed by atoms with Crippen LogP contribution in [0.4, 0.5) is 5.69 Å². The summed E-state index contributed by atoms with van der Waals surface area (Å²) in [5, 5.41) is 3.51. The minimum Gasteiger partial charge on any atom is -0.489 e. The van der Waals surface area contributed by atoms with Crippen LogP contribution in [0, 0.1) is 0 Å². The highest BCUT2D eigenvalue weighted by Gasteiger charge is 2.50. The molecule has 3 aliphatic heterocycles. The van der Waals surface area contributed by atoms with Gasteiger partial charge in [-0.3, -0.25) is 4.79 Å². The van der Waals surface area contributed by atoms with Crippen LogP contribution in [0.1, 0.15) is 24.3 Å². The third kappa shape index (κ3) is 2.83. The molecule has 5 rings (SSSR count). The largest absolute Gasteiger partial charge is 0.489 e. The van der Waals surface area contributed by atoms with Gasteiger partial charge in [-0.25, -0.2) is 4.98 Å². The van der Waals surface area contributed by atoms with Gasteiger partial charge in [-0.2, -0.15) is 0 Å². The molecule has 1 amide bonds. The molecule has 3 aliphatic rings. The normalized spacial score (nSPS) is 23.5. The number of carbonyl (C=O) groups excluding carboxylic acids is 1.